The summed E-state index contributed by atoms with van der Waals surface area (Å²) in [5.41, 5.74) is 2.28. The monoisotopic (exact) mass is 290 g/mol. The predicted molar refractivity (Wildman–Crippen MR) is 78.1 cm³/mol. The van der Waals surface area contributed by atoms with Crippen LogP contribution in [-0.2, 0) is 11.3 Å². The van der Waals surface area contributed by atoms with Crippen LogP contribution in [0.25, 0.3) is 0 Å². The number of carboxylic acid groups (broad SMARTS) is 1. The fourth-order valence-electron chi connectivity index (χ4n) is 2.07. The Labute approximate surface area is 122 Å². The first-order valence-electron chi connectivity index (χ1n) is 6.51. The summed E-state index contributed by atoms with van der Waals surface area (Å²) >= 11 is 0. The summed E-state index contributed by atoms with van der Waals surface area (Å²) in [6.07, 6.45) is 3.41. The molecule has 0 saturated heterocycles. The zero-order chi connectivity index (χ0) is 15.4. The highest BCUT2D eigenvalue weighted by atomic mass is 16.5. The Morgan fingerprint density at radius 2 is 2.24 bits per heavy atom. The molecule has 7 nitrogen and oxygen atoms in total. The van der Waals surface area contributed by atoms with Crippen molar-refractivity contribution in [2.75, 3.05) is 19.0 Å². The van der Waals surface area contributed by atoms with Crippen molar-refractivity contribution < 1.29 is 14.6 Å². The molecule has 21 heavy (non-hydrogen) atoms. The van der Waals surface area contributed by atoms with E-state index < -0.39 is 5.97 Å². The van der Waals surface area contributed by atoms with Crippen molar-refractivity contribution >= 4 is 17.5 Å². The molecule has 0 radical (unpaired) electrons. The molecule has 2 aromatic rings. The van der Waals surface area contributed by atoms with Gasteiger partial charge in [0.1, 0.15) is 11.4 Å². The van der Waals surface area contributed by atoms with E-state index in [-0.39, 0.29) is 5.56 Å². The van der Waals surface area contributed by atoms with Gasteiger partial charge in [-0.15, -0.1) is 0 Å². The first-order chi connectivity index (χ1) is 10.0. The summed E-state index contributed by atoms with van der Waals surface area (Å²) in [4.78, 5) is 15.6. The second-order valence-electron chi connectivity index (χ2n) is 4.72. The minimum atomic E-state index is -1.01. The maximum absolute atomic E-state index is 11.4. The van der Waals surface area contributed by atoms with E-state index in [1.807, 2.05) is 6.92 Å². The van der Waals surface area contributed by atoms with E-state index in [1.54, 1.807) is 37.2 Å². The Morgan fingerprint density at radius 1 is 1.48 bits per heavy atom. The molecule has 0 bridgehead atoms. The Hall–Kier alpha value is -2.41. The molecule has 2 N–H and O–H groups in total. The molecule has 2 heterocycles. The number of carbonyl (C=O) groups is 1. The predicted octanol–water partition coefficient (Wildman–Crippen LogP) is 1.98. The van der Waals surface area contributed by atoms with Crippen molar-refractivity contribution in [1.82, 2.24) is 14.8 Å². The van der Waals surface area contributed by atoms with Crippen LogP contribution in [0.1, 0.15) is 21.6 Å². The zero-order valence-electron chi connectivity index (χ0n) is 12.3. The van der Waals surface area contributed by atoms with Gasteiger partial charge in [-0.3, -0.25) is 4.68 Å². The highest BCUT2D eigenvalue weighted by molar-refractivity contribution is 5.95. The maximum atomic E-state index is 11.4. The first kappa shape index (κ1) is 15.0. The van der Waals surface area contributed by atoms with Crippen LogP contribution in [0.3, 0.4) is 0 Å². The molecule has 7 heteroatoms. The van der Waals surface area contributed by atoms with Crippen LogP contribution in [-0.4, -0.2) is 39.6 Å². The minimum Gasteiger partial charge on any atom is -0.478 e. The van der Waals surface area contributed by atoms with Crippen LogP contribution >= 0.6 is 0 Å². The van der Waals surface area contributed by atoms with Crippen LogP contribution < -0.4 is 5.32 Å². The molecular weight excluding hydrogens is 272 g/mol. The summed E-state index contributed by atoms with van der Waals surface area (Å²) in [5.74, 6) is -0.680. The van der Waals surface area contributed by atoms with Crippen LogP contribution in [0, 0.1) is 13.8 Å². The number of nitrogens with one attached hydrogen (secondary N) is 1. The zero-order valence-corrected chi connectivity index (χ0v) is 12.3. The van der Waals surface area contributed by atoms with Crippen LogP contribution in [0.5, 0.6) is 0 Å². The van der Waals surface area contributed by atoms with E-state index in [4.69, 9.17) is 4.74 Å². The number of aryl methyl sites for hydroxylation is 2. The molecule has 2 rings (SSSR count). The van der Waals surface area contributed by atoms with Crippen molar-refractivity contribution in [3.8, 4) is 0 Å². The second kappa shape index (κ2) is 6.36. The van der Waals surface area contributed by atoms with Gasteiger partial charge in [-0.2, -0.15) is 5.10 Å². The molecule has 0 unspecified atom stereocenters. The first-order valence-corrected chi connectivity index (χ1v) is 6.51. The number of hydrogen-bond acceptors (Lipinski definition) is 5. The number of ether oxygens (including phenoxy) is 1. The minimum absolute atomic E-state index is 0.172. The number of pyridine rings is 1. The maximum Gasteiger partial charge on any atom is 0.339 e. The molecule has 0 aliphatic rings. The number of anilines is 2. The largest absolute Gasteiger partial charge is 0.478 e. The van der Waals surface area contributed by atoms with Crippen molar-refractivity contribution in [3.05, 3.63) is 35.3 Å². The van der Waals surface area contributed by atoms with Crippen LogP contribution in [0.4, 0.5) is 11.5 Å². The van der Waals surface area contributed by atoms with Crippen molar-refractivity contribution in [3.63, 3.8) is 0 Å². The standard InChI is InChI=1S/C14H18N4O3/c1-9-6-10(2)16-13(12(9)14(19)20)17-11-7-15-18(8-11)4-5-21-3/h6-8H,4-5H2,1-3H3,(H,16,17)(H,19,20). The summed E-state index contributed by atoms with van der Waals surface area (Å²) < 4.78 is 6.70. The van der Waals surface area contributed by atoms with E-state index in [0.29, 0.717) is 30.2 Å². The third kappa shape index (κ3) is 3.57. The number of aromatic carboxylic acids is 1. The molecule has 0 saturated carbocycles. The lowest BCUT2D eigenvalue weighted by atomic mass is 10.1. The number of carboxylic acids is 1. The molecule has 0 spiro atoms. The van der Waals surface area contributed by atoms with Gasteiger partial charge < -0.3 is 15.2 Å². The fraction of sp³-hybridized carbons (Fsp3) is 0.357. The number of nitrogens with zero attached hydrogens (tertiary/aromatic N) is 3. The Kier molecular flexibility index (Phi) is 4.54. The van der Waals surface area contributed by atoms with Crippen molar-refractivity contribution in [2.45, 2.75) is 20.4 Å². The fourth-order valence-corrected chi connectivity index (χ4v) is 2.07. The lowest BCUT2D eigenvalue weighted by Crippen LogP contribution is -2.08. The van der Waals surface area contributed by atoms with Gasteiger partial charge in [-0.25, -0.2) is 9.78 Å². The smallest absolute Gasteiger partial charge is 0.339 e. The molecule has 0 fully saturated rings. The third-order valence-corrected chi connectivity index (χ3v) is 2.98. The Morgan fingerprint density at radius 3 is 2.90 bits per heavy atom. The molecule has 0 aromatic carbocycles. The highest BCUT2D eigenvalue weighted by Gasteiger charge is 2.16. The SMILES string of the molecule is COCCn1cc(Nc2nc(C)cc(C)c2C(=O)O)cn1. The van der Waals surface area contributed by atoms with Crippen LogP contribution in [0.15, 0.2) is 18.5 Å². The highest BCUT2D eigenvalue weighted by Crippen LogP contribution is 2.22. The van der Waals surface area contributed by atoms with Gasteiger partial charge >= 0.3 is 5.97 Å². The van der Waals surface area contributed by atoms with E-state index in [1.165, 1.54) is 0 Å². The van der Waals surface area contributed by atoms with Gasteiger partial charge in [0.15, 0.2) is 0 Å². The second-order valence-corrected chi connectivity index (χ2v) is 4.72. The number of rotatable bonds is 6. The van der Waals surface area contributed by atoms with Gasteiger partial charge in [-0.1, -0.05) is 0 Å². The van der Waals surface area contributed by atoms with E-state index in [2.05, 4.69) is 15.4 Å². The Bertz CT molecular complexity index is 652. The topological polar surface area (TPSA) is 89.3 Å². The average molecular weight is 290 g/mol. The van der Waals surface area contributed by atoms with E-state index in [0.717, 1.165) is 5.69 Å². The summed E-state index contributed by atoms with van der Waals surface area (Å²) in [6, 6.07) is 1.75. The molecular formula is C14H18N4O3. The van der Waals surface area contributed by atoms with Crippen molar-refractivity contribution in [1.29, 1.82) is 0 Å². The molecule has 112 valence electrons. The van der Waals surface area contributed by atoms with Crippen molar-refractivity contribution in [2.24, 2.45) is 0 Å². The lowest BCUT2D eigenvalue weighted by Gasteiger charge is -2.10. The Balaban J connectivity index is 2.26. The number of hydrogen-bond donors (Lipinski definition) is 2. The summed E-state index contributed by atoms with van der Waals surface area (Å²) in [7, 11) is 1.63. The molecule has 0 aliphatic carbocycles. The summed E-state index contributed by atoms with van der Waals surface area (Å²) in [6.45, 7) is 4.77. The molecule has 0 amide bonds. The van der Waals surface area contributed by atoms with Gasteiger partial charge in [-0.05, 0) is 25.5 Å². The van der Waals surface area contributed by atoms with Crippen LogP contribution in [0.2, 0.25) is 0 Å². The normalized spacial score (nSPS) is 10.6. The van der Waals surface area contributed by atoms with E-state index in [9.17, 15) is 9.90 Å². The van der Waals surface area contributed by atoms with Gasteiger partial charge in [0.25, 0.3) is 0 Å². The third-order valence-electron chi connectivity index (χ3n) is 2.98. The van der Waals surface area contributed by atoms with E-state index >= 15 is 0 Å². The van der Waals surface area contributed by atoms with Gasteiger partial charge in [0, 0.05) is 19.0 Å². The molecule has 2 aromatic heterocycles. The number of aromatic nitrogens is 3. The number of methoxy groups -OCH3 is 1. The van der Waals surface area contributed by atoms with Gasteiger partial charge in [0.2, 0.25) is 0 Å². The molecule has 0 aliphatic heterocycles. The van der Waals surface area contributed by atoms with Gasteiger partial charge in [0.05, 0.1) is 25.0 Å². The lowest BCUT2D eigenvalue weighted by molar-refractivity contribution is 0.0697. The summed E-state index contributed by atoms with van der Waals surface area (Å²) in [5, 5.41) is 16.5. The average Bonchev–Trinajstić information content (AvgIpc) is 2.82. The quantitative estimate of drug-likeness (QED) is 0.845. The molecule has 0 atom stereocenters.